The summed E-state index contributed by atoms with van der Waals surface area (Å²) in [5.41, 5.74) is 22.8. The average molecular weight is 2280 g/mol. The maximum Gasteiger partial charge on any atom is 0.167 e. The number of rotatable bonds is 0. The summed E-state index contributed by atoms with van der Waals surface area (Å²) in [7, 11) is 2.01. The number of fused-ring (bicyclic) bond motifs is 18. The normalized spacial score (nSPS) is 15.4. The van der Waals surface area contributed by atoms with E-state index in [-0.39, 0.29) is 153 Å². The number of aryl methyl sites for hydroxylation is 1. The van der Waals surface area contributed by atoms with Crippen molar-refractivity contribution in [3.63, 3.8) is 0 Å². The number of thiophene rings is 1. The Balaban J connectivity index is 0.000000152. The Hall–Kier alpha value is -5.18. The van der Waals surface area contributed by atoms with E-state index in [0.717, 1.165) is 68.1 Å². The van der Waals surface area contributed by atoms with E-state index >= 15 is 0 Å². The molecule has 90 heavy (non-hydrogen) atoms. The molecular weight excluding hydrogens is 2210 g/mol. The molecule has 0 amide bonds. The Morgan fingerprint density at radius 1 is 0.456 bits per heavy atom. The molecule has 15 heterocycles. The Labute approximate surface area is 611 Å². The smallest absolute Gasteiger partial charge is 0.167 e. The third kappa shape index (κ3) is 11.7. The van der Waals surface area contributed by atoms with E-state index < -0.39 is 0 Å². The van der Waals surface area contributed by atoms with Gasteiger partial charge in [0.25, 0.3) is 0 Å². The van der Waals surface area contributed by atoms with Crippen LogP contribution in [0.15, 0.2) is 150 Å². The van der Waals surface area contributed by atoms with Crippen molar-refractivity contribution in [2.75, 3.05) is 0 Å². The van der Waals surface area contributed by atoms with Crippen LogP contribution in [-0.2, 0) is 161 Å². The van der Waals surface area contributed by atoms with E-state index in [4.69, 9.17) is 8.83 Å². The van der Waals surface area contributed by atoms with Crippen LogP contribution in [0.4, 0.5) is 0 Å². The first-order valence-electron chi connectivity index (χ1n) is 28.0. The molecule has 18 rings (SSSR count). The predicted molar refractivity (Wildman–Crippen MR) is 324 cm³/mol. The Morgan fingerprint density at radius 2 is 0.911 bits per heavy atom. The second kappa shape index (κ2) is 27.0. The zero-order valence-electron chi connectivity index (χ0n) is 51.4. The fraction of sp³-hybridized carbons (Fsp3) is 0.275. The summed E-state index contributed by atoms with van der Waals surface area (Å²) in [4.78, 5) is 34.2. The molecule has 0 saturated carbocycles. The number of hydrogen-bond donors (Lipinski definition) is 0. The van der Waals surface area contributed by atoms with Crippen molar-refractivity contribution in [3.8, 4) is 67.9 Å². The van der Waals surface area contributed by atoms with E-state index in [1.165, 1.54) is 56.5 Å². The van der Waals surface area contributed by atoms with Gasteiger partial charge < -0.3 is 62.0 Å². The quantitative estimate of drug-likeness (QED) is 0.134. The second-order valence-electron chi connectivity index (χ2n) is 24.8. The fourth-order valence-electron chi connectivity index (χ4n) is 12.8. The molecule has 14 nitrogen and oxygen atoms in total. The maximum atomic E-state index is 5.35. The van der Waals surface area contributed by atoms with Crippen LogP contribution in [0.1, 0.15) is 133 Å². The van der Waals surface area contributed by atoms with Crippen LogP contribution in [0.5, 0.6) is 0 Å². The molecule has 0 spiro atoms. The molecule has 0 aromatic carbocycles. The predicted octanol–water partition coefficient (Wildman–Crippen LogP) is 14.3. The van der Waals surface area contributed by atoms with Gasteiger partial charge in [-0.1, -0.05) is 141 Å². The third-order valence-electron chi connectivity index (χ3n) is 17.7. The summed E-state index contributed by atoms with van der Waals surface area (Å²) < 4.78 is 18.8. The molecule has 6 aliphatic rings. The van der Waals surface area contributed by atoms with Crippen molar-refractivity contribution >= 4 is 11.3 Å². The van der Waals surface area contributed by atoms with Crippen LogP contribution in [0.3, 0.4) is 0 Å². The van der Waals surface area contributed by atoms with Gasteiger partial charge in [0.15, 0.2) is 6.39 Å². The zero-order chi connectivity index (χ0) is 58.7. The minimum absolute atomic E-state index is 0. The van der Waals surface area contributed by atoms with E-state index in [9.17, 15) is 0 Å². The van der Waals surface area contributed by atoms with Crippen LogP contribution >= 0.6 is 11.3 Å². The van der Waals surface area contributed by atoms with Gasteiger partial charge in [-0.3, -0.25) is 16.3 Å². The molecule has 3 aliphatic carbocycles. The van der Waals surface area contributed by atoms with Crippen molar-refractivity contribution in [1.29, 1.82) is 0 Å². The van der Waals surface area contributed by atoms with Gasteiger partial charge in [0.2, 0.25) is 0 Å². The van der Waals surface area contributed by atoms with E-state index in [1.807, 2.05) is 89.9 Å². The SMILES string of the molecule is CC1(C)c2cccnc2-c2[c-]ccn21.CC1(C)c2cccnc2-c2[c-]ncn21.CC1(C)c2co[c-]c2-c2ncccc21.CC1(C)c2cs[c-]c2-c2ncccc21.CC1(C)c2ocnc2-c2[c-]ncn21.Cn1[c-]c2c(c1)C(C)(C)c1cccnc1-2.[Ir].[Ir].[Ir].[Ir].[Ir].[Ir]. The van der Waals surface area contributed by atoms with Gasteiger partial charge in [-0.05, 0) is 154 Å². The van der Waals surface area contributed by atoms with Crippen molar-refractivity contribution in [2.24, 2.45) is 7.05 Å². The number of nitrogens with zero attached hydrogens (tertiary/aromatic N) is 12. The zero-order valence-corrected chi connectivity index (χ0v) is 66.6. The number of imidazole rings is 2. The first-order chi connectivity index (χ1) is 40.2. The molecule has 476 valence electrons. The van der Waals surface area contributed by atoms with Crippen molar-refractivity contribution < 1.29 is 129 Å². The van der Waals surface area contributed by atoms with Gasteiger partial charge in [0, 0.05) is 175 Å². The Kier molecular flexibility index (Phi) is 21.7. The van der Waals surface area contributed by atoms with Crippen molar-refractivity contribution in [2.45, 2.75) is 116 Å². The van der Waals surface area contributed by atoms with Crippen molar-refractivity contribution in [1.82, 2.24) is 58.1 Å². The van der Waals surface area contributed by atoms with Crippen LogP contribution in [0, 0.1) is 36.3 Å². The minimum atomic E-state index is -0.186. The number of hydrogen-bond acceptors (Lipinski definition) is 11. The summed E-state index contributed by atoms with van der Waals surface area (Å²) in [5, 5.41) is 5.50. The van der Waals surface area contributed by atoms with E-state index in [1.54, 1.807) is 23.9 Å². The van der Waals surface area contributed by atoms with Crippen LogP contribution in [-0.4, -0.2) is 58.1 Å². The molecule has 0 atom stereocenters. The number of oxazole rings is 1. The summed E-state index contributed by atoms with van der Waals surface area (Å²) >= 11 is 1.64. The average Bonchev–Trinajstić information content (AvgIpc) is 1.70. The van der Waals surface area contributed by atoms with Gasteiger partial charge in [0.05, 0.1) is 5.54 Å². The Morgan fingerprint density at radius 3 is 1.48 bits per heavy atom. The molecule has 0 unspecified atom stereocenters. The first-order valence-corrected chi connectivity index (χ1v) is 28.9. The summed E-state index contributed by atoms with van der Waals surface area (Å²) in [6.45, 7) is 26.2. The molecule has 12 aromatic rings. The molecule has 6 radical (unpaired) electrons. The Bertz CT molecular complexity index is 4060. The molecule has 3 aliphatic heterocycles. The summed E-state index contributed by atoms with van der Waals surface area (Å²) in [5.74, 6) is 0.890. The van der Waals surface area contributed by atoms with Gasteiger partial charge >= 0.3 is 0 Å². The summed E-state index contributed by atoms with van der Waals surface area (Å²) in [6.07, 6.45) is 32.3. The molecular formula is C69H62Ir6N12O2S-6. The molecule has 0 fully saturated rings. The third-order valence-corrected chi connectivity index (χ3v) is 18.3. The van der Waals surface area contributed by atoms with Gasteiger partial charge in [-0.25, -0.2) is 0 Å². The summed E-state index contributed by atoms with van der Waals surface area (Å²) in [6, 6.07) is 25.8. The van der Waals surface area contributed by atoms with Crippen LogP contribution in [0.25, 0.3) is 67.9 Å². The van der Waals surface area contributed by atoms with Gasteiger partial charge in [0.1, 0.15) is 5.76 Å². The molecule has 21 heteroatoms. The van der Waals surface area contributed by atoms with Crippen LogP contribution in [0.2, 0.25) is 0 Å². The maximum absolute atomic E-state index is 5.35. The molecule has 12 aromatic heterocycles. The molecule has 0 N–H and O–H groups in total. The minimum Gasteiger partial charge on any atom is -0.565 e. The molecule has 0 bridgehead atoms. The standard InChI is InChI=1S/C13H13N2.C12H11N2.C12H10NO.C12H10NS.C11H10N3.C9H8N3O.6Ir/c1-13(2)10-5-4-6-14-12(10)9-7-15(3)8-11(9)13;1-12(2)9-5-3-7-13-11(9)10-6-4-8-14(10)12;2*1-12(2)9-4-3-5-13-11(9)8-6-14-7-10(8)12;1-11(2)8-4-3-5-13-10(8)9-6-12-7-14(9)11;1-9(2)8-7(11-5-13-8)6-3-10-4-12(6)9;;;;;;/h4-6,8H,1-3H3;3-5,7-8H,1-2H3;3*3-5,7H,1-2H3;4-5H,1-2H3;;;;;;/q6*-1;;;;;;. The molecule has 0 saturated heterocycles. The van der Waals surface area contributed by atoms with E-state index in [0.29, 0.717) is 0 Å². The van der Waals surface area contributed by atoms with Gasteiger partial charge in [-0.15, -0.1) is 39.4 Å². The number of aromatic nitrogens is 12. The second-order valence-corrected chi connectivity index (χ2v) is 25.5. The first kappa shape index (κ1) is 72.2. The van der Waals surface area contributed by atoms with Crippen LogP contribution < -0.4 is 0 Å². The topological polar surface area (TPSA) is 149 Å². The van der Waals surface area contributed by atoms with Gasteiger partial charge in [-0.2, -0.15) is 12.1 Å². The van der Waals surface area contributed by atoms with E-state index in [2.05, 4.69) is 216 Å². The number of furan rings is 1. The largest absolute Gasteiger partial charge is 0.565 e. The number of pyridine rings is 5. The fourth-order valence-corrected chi connectivity index (χ4v) is 13.7. The monoisotopic (exact) mass is 2280 g/mol. The van der Waals surface area contributed by atoms with Crippen molar-refractivity contribution in [3.05, 3.63) is 227 Å².